The predicted octanol–water partition coefficient (Wildman–Crippen LogP) is 3.80. The molecule has 3 rings (SSSR count). The molecule has 1 saturated carbocycles. The highest BCUT2D eigenvalue weighted by atomic mass is 15.3. The van der Waals surface area contributed by atoms with E-state index in [1.807, 2.05) is 0 Å². The van der Waals surface area contributed by atoms with Crippen LogP contribution in [0.1, 0.15) is 50.2 Å². The standard InChI is InChI=1S/C18H28N2/c1-4-16-12-19-18(9-5-6-10-18)13-20(16)17-8-7-14(2)15(3)11-17/h7-8,11,16,19H,4-6,9-10,12-13H2,1-3H3. The lowest BCUT2D eigenvalue weighted by Crippen LogP contribution is -2.63. The van der Waals surface area contributed by atoms with Gasteiger partial charge in [0.15, 0.2) is 0 Å². The molecule has 1 atom stereocenters. The smallest absolute Gasteiger partial charge is 0.0412 e. The molecule has 1 unspecified atom stereocenters. The fourth-order valence-electron chi connectivity index (χ4n) is 3.91. The van der Waals surface area contributed by atoms with Crippen LogP contribution < -0.4 is 10.2 Å². The summed E-state index contributed by atoms with van der Waals surface area (Å²) in [6, 6.07) is 7.62. The molecule has 20 heavy (non-hydrogen) atoms. The van der Waals surface area contributed by atoms with E-state index in [0.29, 0.717) is 11.6 Å². The van der Waals surface area contributed by atoms with Crippen molar-refractivity contribution in [1.82, 2.24) is 5.32 Å². The maximum atomic E-state index is 3.88. The van der Waals surface area contributed by atoms with E-state index in [-0.39, 0.29) is 0 Å². The molecule has 0 radical (unpaired) electrons. The maximum absolute atomic E-state index is 3.88. The number of piperazine rings is 1. The van der Waals surface area contributed by atoms with Crippen molar-refractivity contribution in [3.8, 4) is 0 Å². The molecule has 1 spiro atoms. The molecule has 0 aromatic heterocycles. The number of nitrogens with one attached hydrogen (secondary N) is 1. The van der Waals surface area contributed by atoms with E-state index in [0.717, 1.165) is 6.54 Å². The number of rotatable bonds is 2. The van der Waals surface area contributed by atoms with Gasteiger partial charge < -0.3 is 10.2 Å². The van der Waals surface area contributed by atoms with E-state index in [9.17, 15) is 0 Å². The Morgan fingerprint density at radius 1 is 1.20 bits per heavy atom. The number of nitrogens with zero attached hydrogens (tertiary/aromatic N) is 1. The van der Waals surface area contributed by atoms with Gasteiger partial charge in [-0.15, -0.1) is 0 Å². The van der Waals surface area contributed by atoms with Gasteiger partial charge in [-0.2, -0.15) is 0 Å². The lowest BCUT2D eigenvalue weighted by molar-refractivity contribution is 0.267. The molecule has 1 aliphatic heterocycles. The summed E-state index contributed by atoms with van der Waals surface area (Å²) in [5, 5.41) is 3.88. The molecule has 2 heteroatoms. The average Bonchev–Trinajstić information content (AvgIpc) is 2.90. The summed E-state index contributed by atoms with van der Waals surface area (Å²) in [5.41, 5.74) is 4.63. The Kier molecular flexibility index (Phi) is 3.76. The fraction of sp³-hybridized carbons (Fsp3) is 0.667. The number of anilines is 1. The van der Waals surface area contributed by atoms with Gasteiger partial charge in [0.05, 0.1) is 0 Å². The van der Waals surface area contributed by atoms with Crippen molar-refractivity contribution in [2.45, 2.75) is 64.5 Å². The van der Waals surface area contributed by atoms with E-state index in [1.54, 1.807) is 0 Å². The van der Waals surface area contributed by atoms with E-state index in [2.05, 4.69) is 49.2 Å². The molecule has 1 saturated heterocycles. The molecule has 2 nitrogen and oxygen atoms in total. The predicted molar refractivity (Wildman–Crippen MR) is 86.5 cm³/mol. The Hall–Kier alpha value is -1.02. The van der Waals surface area contributed by atoms with Crippen LogP contribution in [0.5, 0.6) is 0 Å². The van der Waals surface area contributed by atoms with Crippen LogP contribution >= 0.6 is 0 Å². The average molecular weight is 272 g/mol. The second-order valence-corrected chi connectivity index (χ2v) is 6.83. The first kappa shape index (κ1) is 13.9. The van der Waals surface area contributed by atoms with Gasteiger partial charge in [0.25, 0.3) is 0 Å². The molecule has 0 bridgehead atoms. The third-order valence-electron chi connectivity index (χ3n) is 5.48. The molecule has 0 amide bonds. The van der Waals surface area contributed by atoms with E-state index >= 15 is 0 Å². The van der Waals surface area contributed by atoms with Crippen molar-refractivity contribution in [2.24, 2.45) is 0 Å². The van der Waals surface area contributed by atoms with Crippen molar-refractivity contribution >= 4 is 5.69 Å². The Morgan fingerprint density at radius 2 is 1.95 bits per heavy atom. The lowest BCUT2D eigenvalue weighted by Gasteiger charge is -2.47. The third-order valence-corrected chi connectivity index (χ3v) is 5.48. The first-order chi connectivity index (χ1) is 9.63. The Balaban J connectivity index is 1.88. The number of aryl methyl sites for hydroxylation is 2. The zero-order chi connectivity index (χ0) is 14.2. The largest absolute Gasteiger partial charge is 0.365 e. The van der Waals surface area contributed by atoms with Gasteiger partial charge >= 0.3 is 0 Å². The van der Waals surface area contributed by atoms with Crippen LogP contribution in [0.3, 0.4) is 0 Å². The Bertz CT molecular complexity index is 474. The minimum absolute atomic E-state index is 0.393. The topological polar surface area (TPSA) is 15.3 Å². The number of hydrogen-bond donors (Lipinski definition) is 1. The summed E-state index contributed by atoms with van der Waals surface area (Å²) in [7, 11) is 0. The molecule has 1 aromatic rings. The Morgan fingerprint density at radius 3 is 2.60 bits per heavy atom. The molecule has 110 valence electrons. The normalized spacial score (nSPS) is 25.4. The first-order valence-electron chi connectivity index (χ1n) is 8.22. The molecule has 2 fully saturated rings. The zero-order valence-corrected chi connectivity index (χ0v) is 13.2. The molecular weight excluding hydrogens is 244 g/mol. The second-order valence-electron chi connectivity index (χ2n) is 6.83. The SMILES string of the molecule is CCC1CNC2(CCCC2)CN1c1ccc(C)c(C)c1. The van der Waals surface area contributed by atoms with Crippen molar-refractivity contribution in [3.05, 3.63) is 29.3 Å². The highest BCUT2D eigenvalue weighted by molar-refractivity contribution is 5.52. The van der Waals surface area contributed by atoms with E-state index in [1.165, 1.54) is 55.5 Å². The third kappa shape index (κ3) is 2.46. The summed E-state index contributed by atoms with van der Waals surface area (Å²) < 4.78 is 0. The summed E-state index contributed by atoms with van der Waals surface area (Å²) in [5.74, 6) is 0. The van der Waals surface area contributed by atoms with Crippen LogP contribution in [0.25, 0.3) is 0 Å². The van der Waals surface area contributed by atoms with Crippen LogP contribution in [0.15, 0.2) is 18.2 Å². The lowest BCUT2D eigenvalue weighted by atomic mass is 9.91. The van der Waals surface area contributed by atoms with Crippen molar-refractivity contribution in [2.75, 3.05) is 18.0 Å². The van der Waals surface area contributed by atoms with Gasteiger partial charge in [-0.1, -0.05) is 25.8 Å². The van der Waals surface area contributed by atoms with Crippen LogP contribution in [-0.4, -0.2) is 24.7 Å². The monoisotopic (exact) mass is 272 g/mol. The summed E-state index contributed by atoms with van der Waals surface area (Å²) in [6.45, 7) is 9.07. The van der Waals surface area contributed by atoms with Crippen molar-refractivity contribution in [3.63, 3.8) is 0 Å². The molecule has 1 heterocycles. The maximum Gasteiger partial charge on any atom is 0.0412 e. The van der Waals surface area contributed by atoms with Crippen LogP contribution in [0, 0.1) is 13.8 Å². The molecule has 2 aliphatic rings. The fourth-order valence-corrected chi connectivity index (χ4v) is 3.91. The van der Waals surface area contributed by atoms with Gasteiger partial charge in [-0.3, -0.25) is 0 Å². The van der Waals surface area contributed by atoms with E-state index in [4.69, 9.17) is 0 Å². The highest BCUT2D eigenvalue weighted by Gasteiger charge is 2.40. The zero-order valence-electron chi connectivity index (χ0n) is 13.2. The summed E-state index contributed by atoms with van der Waals surface area (Å²) in [6.07, 6.45) is 6.71. The minimum atomic E-state index is 0.393. The van der Waals surface area contributed by atoms with Crippen molar-refractivity contribution in [1.29, 1.82) is 0 Å². The molecular formula is C18H28N2. The number of benzene rings is 1. The Labute approximate surface area is 123 Å². The van der Waals surface area contributed by atoms with Gasteiger partial charge in [0.2, 0.25) is 0 Å². The highest BCUT2D eigenvalue weighted by Crippen LogP contribution is 2.35. The molecule has 1 aliphatic carbocycles. The van der Waals surface area contributed by atoms with Crippen LogP contribution in [0.2, 0.25) is 0 Å². The van der Waals surface area contributed by atoms with E-state index < -0.39 is 0 Å². The van der Waals surface area contributed by atoms with Crippen LogP contribution in [0.4, 0.5) is 5.69 Å². The second kappa shape index (κ2) is 5.40. The van der Waals surface area contributed by atoms with Gasteiger partial charge in [-0.25, -0.2) is 0 Å². The number of hydrogen-bond acceptors (Lipinski definition) is 2. The van der Waals surface area contributed by atoms with Crippen LogP contribution in [-0.2, 0) is 0 Å². The van der Waals surface area contributed by atoms with Gasteiger partial charge in [0, 0.05) is 30.4 Å². The van der Waals surface area contributed by atoms with Crippen molar-refractivity contribution < 1.29 is 0 Å². The first-order valence-corrected chi connectivity index (χ1v) is 8.22. The molecule has 1 N–H and O–H groups in total. The molecule has 1 aromatic carbocycles. The minimum Gasteiger partial charge on any atom is -0.365 e. The summed E-state index contributed by atoms with van der Waals surface area (Å²) >= 11 is 0. The van der Waals surface area contributed by atoms with Gasteiger partial charge in [0.1, 0.15) is 0 Å². The summed E-state index contributed by atoms with van der Waals surface area (Å²) in [4.78, 5) is 2.67. The quantitative estimate of drug-likeness (QED) is 0.881. The van der Waals surface area contributed by atoms with Gasteiger partial charge in [-0.05, 0) is 56.4 Å².